The molecule has 0 aliphatic carbocycles. The molecule has 1 rings (SSSR count). The summed E-state index contributed by atoms with van der Waals surface area (Å²) in [7, 11) is -5.54. The van der Waals surface area contributed by atoms with Crippen LogP contribution in [-0.4, -0.2) is 13.0 Å². The average molecular weight is 399 g/mol. The monoisotopic (exact) mass is 399 g/mol. The highest BCUT2D eigenvalue weighted by Gasteiger charge is 2.36. The third kappa shape index (κ3) is 6.50. The normalized spacial score (nSPS) is 11.9. The van der Waals surface area contributed by atoms with Crippen molar-refractivity contribution in [3.05, 3.63) is 29.1 Å². The molecule has 0 unspecified atom stereocenters. The van der Waals surface area contributed by atoms with Crippen molar-refractivity contribution in [3.63, 3.8) is 0 Å². The molecule has 0 bridgehead atoms. The van der Waals surface area contributed by atoms with Crippen LogP contribution in [-0.2, 0) is 16.7 Å². The molecule has 0 amide bonds. The number of aromatic nitrogens is 1. The molecule has 150 valence electrons. The number of halogens is 4. The van der Waals surface area contributed by atoms with Crippen molar-refractivity contribution in [2.45, 2.75) is 77.6 Å². The molecule has 0 aromatic carbocycles. The molecule has 9 heteroatoms. The maximum atomic E-state index is 13.8. The van der Waals surface area contributed by atoms with Crippen molar-refractivity contribution in [3.8, 4) is 0 Å². The predicted molar refractivity (Wildman–Crippen MR) is 87.1 cm³/mol. The molecule has 1 aromatic heterocycles. The van der Waals surface area contributed by atoms with Crippen LogP contribution in [0.15, 0.2) is 0 Å². The van der Waals surface area contributed by atoms with Crippen LogP contribution >= 0.6 is 0 Å². The lowest BCUT2D eigenvalue weighted by Crippen LogP contribution is -2.51. The Bertz CT molecular complexity index is 696. The maximum absolute atomic E-state index is 13.8. The van der Waals surface area contributed by atoms with E-state index < -0.39 is 43.4 Å². The number of rotatable bonds is 12. The summed E-state index contributed by atoms with van der Waals surface area (Å²) in [4.78, 5) is 0. The third-order valence-corrected chi connectivity index (χ3v) is 5.06. The van der Waals surface area contributed by atoms with E-state index in [4.69, 9.17) is 0 Å². The van der Waals surface area contributed by atoms with Gasteiger partial charge in [0.15, 0.2) is 0 Å². The van der Waals surface area contributed by atoms with Gasteiger partial charge in [-0.1, -0.05) is 68.7 Å². The van der Waals surface area contributed by atoms with Crippen LogP contribution in [0.25, 0.3) is 0 Å². The molecule has 0 spiro atoms. The van der Waals surface area contributed by atoms with Gasteiger partial charge in [0, 0.05) is 6.42 Å². The molecule has 0 saturated heterocycles. The highest BCUT2D eigenvalue weighted by molar-refractivity contribution is 7.78. The molecular formula is C17H25F4NO3S. The fourth-order valence-corrected chi connectivity index (χ4v) is 3.55. The summed E-state index contributed by atoms with van der Waals surface area (Å²) in [5.41, 5.74) is -0.990. The van der Waals surface area contributed by atoms with E-state index in [1.54, 1.807) is 0 Å². The van der Waals surface area contributed by atoms with E-state index in [2.05, 4.69) is 6.92 Å². The third-order valence-electron chi connectivity index (χ3n) is 4.23. The zero-order valence-electron chi connectivity index (χ0n) is 14.9. The summed E-state index contributed by atoms with van der Waals surface area (Å²) < 4.78 is 86.5. The summed E-state index contributed by atoms with van der Waals surface area (Å²) in [6.07, 6.45) is 9.13. The Balaban J connectivity index is 2.58. The molecule has 26 heavy (non-hydrogen) atoms. The van der Waals surface area contributed by atoms with Crippen LogP contribution < -0.4 is 3.97 Å². The van der Waals surface area contributed by atoms with E-state index in [0.717, 1.165) is 25.7 Å². The van der Waals surface area contributed by atoms with Gasteiger partial charge in [-0.3, -0.25) is 0 Å². The van der Waals surface area contributed by atoms with Gasteiger partial charge in [0.05, 0.1) is 0 Å². The van der Waals surface area contributed by atoms with Gasteiger partial charge in [0.25, 0.3) is 5.82 Å². The summed E-state index contributed by atoms with van der Waals surface area (Å²) in [5.74, 6) is -8.53. The van der Waals surface area contributed by atoms with E-state index in [1.807, 2.05) is 0 Å². The summed E-state index contributed by atoms with van der Waals surface area (Å²) in [6, 6.07) is 0. The molecule has 0 radical (unpaired) electrons. The SMILES string of the molecule is CCCCCCCCCCCCc1c(F)c(F)c(F)c(F)[n+]1S(=O)(=O)[O-]. The molecule has 0 aliphatic rings. The Morgan fingerprint density at radius 1 is 0.769 bits per heavy atom. The molecule has 1 aromatic rings. The van der Waals surface area contributed by atoms with Crippen LogP contribution in [0.4, 0.5) is 17.6 Å². The van der Waals surface area contributed by atoms with E-state index in [1.165, 1.54) is 25.7 Å². The number of hydrogen-bond donors (Lipinski definition) is 0. The van der Waals surface area contributed by atoms with Crippen molar-refractivity contribution in [2.75, 3.05) is 0 Å². The van der Waals surface area contributed by atoms with Crippen molar-refractivity contribution < 1.29 is 34.5 Å². The van der Waals surface area contributed by atoms with Crippen LogP contribution in [0.1, 0.15) is 76.8 Å². The van der Waals surface area contributed by atoms with E-state index >= 15 is 0 Å². The lowest BCUT2D eigenvalue weighted by Gasteiger charge is -2.09. The molecular weight excluding hydrogens is 374 g/mol. The quantitative estimate of drug-likeness (QED) is 0.173. The standard InChI is InChI=1S/C17H25F4NO3S/c1-2-3-4-5-6-7-8-9-10-11-12-13-14(18)15(19)16(20)17(21)22(13)26(23,24)25/h2-12H2,1H3. The van der Waals surface area contributed by atoms with Crippen molar-refractivity contribution in [1.29, 1.82) is 0 Å². The summed E-state index contributed by atoms with van der Waals surface area (Å²) in [6.45, 7) is 2.14. The van der Waals surface area contributed by atoms with Crippen molar-refractivity contribution >= 4 is 10.3 Å². The minimum atomic E-state index is -5.54. The van der Waals surface area contributed by atoms with Crippen molar-refractivity contribution in [1.82, 2.24) is 0 Å². The zero-order valence-corrected chi connectivity index (χ0v) is 15.7. The molecule has 0 fully saturated rings. The van der Waals surface area contributed by atoms with Gasteiger partial charge < -0.3 is 4.55 Å². The first-order valence-electron chi connectivity index (χ1n) is 8.95. The molecule has 4 nitrogen and oxygen atoms in total. The first-order chi connectivity index (χ1) is 12.2. The van der Waals surface area contributed by atoms with Gasteiger partial charge in [-0.15, -0.1) is 4.39 Å². The van der Waals surface area contributed by atoms with Gasteiger partial charge in [-0.05, 0) is 6.42 Å². The minimum Gasteiger partial charge on any atom is -0.693 e. The van der Waals surface area contributed by atoms with Gasteiger partial charge in [-0.25, -0.2) is 0 Å². The number of unbranched alkanes of at least 4 members (excludes halogenated alkanes) is 9. The molecule has 0 atom stereocenters. The summed E-state index contributed by atoms with van der Waals surface area (Å²) >= 11 is 0. The fourth-order valence-electron chi connectivity index (χ4n) is 2.83. The second kappa shape index (κ2) is 10.8. The van der Waals surface area contributed by atoms with Crippen molar-refractivity contribution in [2.24, 2.45) is 0 Å². The Morgan fingerprint density at radius 2 is 1.23 bits per heavy atom. The summed E-state index contributed by atoms with van der Waals surface area (Å²) in [5, 5.41) is 0. The van der Waals surface area contributed by atoms with Crippen LogP contribution in [0, 0.1) is 23.4 Å². The zero-order chi connectivity index (χ0) is 19.7. The van der Waals surface area contributed by atoms with E-state index in [0.29, 0.717) is 6.42 Å². The first kappa shape index (κ1) is 22.8. The van der Waals surface area contributed by atoms with Crippen LogP contribution in [0.3, 0.4) is 0 Å². The second-order valence-electron chi connectivity index (χ2n) is 6.33. The topological polar surface area (TPSA) is 61.1 Å². The Kier molecular flexibility index (Phi) is 9.49. The van der Waals surface area contributed by atoms with Gasteiger partial charge in [0.1, 0.15) is 0 Å². The Morgan fingerprint density at radius 3 is 1.69 bits per heavy atom. The number of pyridine rings is 1. The average Bonchev–Trinajstić information content (AvgIpc) is 2.57. The molecule has 1 heterocycles. The number of hydrogen-bond acceptors (Lipinski definition) is 3. The van der Waals surface area contributed by atoms with E-state index in [9.17, 15) is 30.5 Å². The smallest absolute Gasteiger partial charge is 0.416 e. The second-order valence-corrected chi connectivity index (χ2v) is 7.55. The Labute approximate surface area is 152 Å². The fraction of sp³-hybridized carbons (Fsp3) is 0.706. The van der Waals surface area contributed by atoms with Gasteiger partial charge in [-0.2, -0.15) is 21.6 Å². The minimum absolute atomic E-state index is 0.229. The van der Waals surface area contributed by atoms with Gasteiger partial charge >= 0.3 is 16.3 Å². The number of nitrogens with zero attached hydrogens (tertiary/aromatic N) is 1. The van der Waals surface area contributed by atoms with Crippen LogP contribution in [0.2, 0.25) is 0 Å². The highest BCUT2D eigenvalue weighted by atomic mass is 32.2. The molecule has 0 N–H and O–H groups in total. The first-order valence-corrected chi connectivity index (χ1v) is 10.3. The van der Waals surface area contributed by atoms with E-state index in [-0.39, 0.29) is 12.8 Å². The maximum Gasteiger partial charge on any atom is 0.416 e. The molecule has 0 saturated carbocycles. The van der Waals surface area contributed by atoms with Gasteiger partial charge in [0.2, 0.25) is 17.3 Å². The van der Waals surface area contributed by atoms with Crippen LogP contribution in [0.5, 0.6) is 0 Å². The largest absolute Gasteiger partial charge is 0.693 e. The predicted octanol–water partition coefficient (Wildman–Crippen LogP) is 4.30. The molecule has 0 aliphatic heterocycles. The highest BCUT2D eigenvalue weighted by Crippen LogP contribution is 2.18. The lowest BCUT2D eigenvalue weighted by molar-refractivity contribution is -0.569. The lowest BCUT2D eigenvalue weighted by atomic mass is 10.0. The Hall–Kier alpha value is -1.22.